The summed E-state index contributed by atoms with van der Waals surface area (Å²) < 4.78 is 1.42. The summed E-state index contributed by atoms with van der Waals surface area (Å²) in [5, 5.41) is 3.12. The molecule has 4 N–H and O–H groups in total. The highest BCUT2D eigenvalue weighted by atomic mass is 16.2. The van der Waals surface area contributed by atoms with Crippen LogP contribution in [-0.4, -0.2) is 15.1 Å². The van der Waals surface area contributed by atoms with Crippen LogP contribution in [0.5, 0.6) is 0 Å². The van der Waals surface area contributed by atoms with Crippen LogP contribution in [0.25, 0.3) is 0 Å². The molecule has 1 heterocycles. The highest BCUT2D eigenvalue weighted by molar-refractivity contribution is 5.61. The van der Waals surface area contributed by atoms with Crippen LogP contribution in [0.15, 0.2) is 9.59 Å². The fourth-order valence-electron chi connectivity index (χ4n) is 1.67. The van der Waals surface area contributed by atoms with Gasteiger partial charge in [-0.2, -0.15) is 0 Å². The third-order valence-corrected chi connectivity index (χ3v) is 3.32. The Morgan fingerprint density at radius 2 is 1.95 bits per heavy atom. The highest BCUT2D eigenvalue weighted by Crippen LogP contribution is 2.19. The highest BCUT2D eigenvalue weighted by Gasteiger charge is 2.20. The molecule has 108 valence electrons. The van der Waals surface area contributed by atoms with E-state index in [1.807, 2.05) is 27.7 Å². The van der Waals surface area contributed by atoms with Gasteiger partial charge in [0.2, 0.25) is 0 Å². The lowest BCUT2D eigenvalue weighted by molar-refractivity contribution is 0.543. The molecule has 0 saturated carbocycles. The average molecular weight is 268 g/mol. The second-order valence-corrected chi connectivity index (χ2v) is 5.39. The van der Waals surface area contributed by atoms with Gasteiger partial charge in [-0.15, -0.1) is 0 Å². The minimum atomic E-state index is -0.461. The number of nitrogens with one attached hydrogen (secondary N) is 2. The molecule has 1 aromatic rings. The van der Waals surface area contributed by atoms with Gasteiger partial charge in [0.1, 0.15) is 11.5 Å². The van der Waals surface area contributed by atoms with E-state index < -0.39 is 11.2 Å². The molecule has 6 nitrogen and oxygen atoms in total. The third kappa shape index (κ3) is 3.62. The van der Waals surface area contributed by atoms with Crippen LogP contribution in [0.4, 0.5) is 11.5 Å². The van der Waals surface area contributed by atoms with Crippen molar-refractivity contribution in [3.05, 3.63) is 20.8 Å². The Bertz CT molecular complexity index is 543. The monoisotopic (exact) mass is 268 g/mol. The molecule has 6 heteroatoms. The van der Waals surface area contributed by atoms with Crippen LogP contribution < -0.4 is 22.3 Å². The molecule has 0 aliphatic rings. The van der Waals surface area contributed by atoms with Crippen LogP contribution in [0.1, 0.15) is 47.0 Å². The van der Waals surface area contributed by atoms with Gasteiger partial charge >= 0.3 is 5.69 Å². The molecule has 0 bridgehead atoms. The summed E-state index contributed by atoms with van der Waals surface area (Å²) in [6, 6.07) is 0. The van der Waals surface area contributed by atoms with Crippen molar-refractivity contribution in [2.75, 3.05) is 11.1 Å². The topological polar surface area (TPSA) is 92.9 Å². The first-order valence-electron chi connectivity index (χ1n) is 6.73. The summed E-state index contributed by atoms with van der Waals surface area (Å²) in [7, 11) is 0. The molecule has 0 aromatic carbocycles. The third-order valence-electron chi connectivity index (χ3n) is 3.32. The molecule has 0 amide bonds. The fraction of sp³-hybridized carbons (Fsp3) is 0.692. The number of nitrogens with zero attached hydrogens (tertiary/aromatic N) is 1. The van der Waals surface area contributed by atoms with Gasteiger partial charge in [-0.25, -0.2) is 4.79 Å². The molecule has 0 aliphatic carbocycles. The number of rotatable bonds is 6. The second-order valence-electron chi connectivity index (χ2n) is 5.39. The largest absolute Gasteiger partial charge is 0.383 e. The van der Waals surface area contributed by atoms with E-state index in [1.54, 1.807) is 0 Å². The second kappa shape index (κ2) is 5.95. The summed E-state index contributed by atoms with van der Waals surface area (Å²) in [4.78, 5) is 25.9. The predicted molar refractivity (Wildman–Crippen MR) is 78.6 cm³/mol. The Balaban J connectivity index is 3.25. The van der Waals surface area contributed by atoms with Crippen molar-refractivity contribution in [3.63, 3.8) is 0 Å². The molecule has 0 spiro atoms. The lowest BCUT2D eigenvalue weighted by atomic mass is 10.0. The normalized spacial score (nSPS) is 11.6. The molecular formula is C13H24N4O2. The molecule has 1 rings (SSSR count). The molecule has 0 unspecified atom stereocenters. The fourth-order valence-corrected chi connectivity index (χ4v) is 1.67. The summed E-state index contributed by atoms with van der Waals surface area (Å²) in [6.45, 7) is 8.52. The molecule has 0 radical (unpaired) electrons. The number of hydrogen-bond donors (Lipinski definition) is 3. The lowest BCUT2D eigenvalue weighted by Gasteiger charge is -2.26. The molecular weight excluding hydrogens is 244 g/mol. The summed E-state index contributed by atoms with van der Waals surface area (Å²) in [5.41, 5.74) is 5.08. The Hall–Kier alpha value is -1.72. The number of nitrogens with two attached hydrogens (primary N) is 1. The molecule has 0 atom stereocenters. The number of unbranched alkanes of at least 4 members (excludes halogenated alkanes) is 1. The zero-order valence-electron chi connectivity index (χ0n) is 12.2. The quantitative estimate of drug-likeness (QED) is 0.729. The van der Waals surface area contributed by atoms with Crippen LogP contribution in [0.3, 0.4) is 0 Å². The summed E-state index contributed by atoms with van der Waals surface area (Å²) >= 11 is 0. The zero-order chi connectivity index (χ0) is 14.6. The van der Waals surface area contributed by atoms with E-state index in [0.29, 0.717) is 6.54 Å². The first-order chi connectivity index (χ1) is 8.82. The van der Waals surface area contributed by atoms with Crippen molar-refractivity contribution in [3.8, 4) is 0 Å². The summed E-state index contributed by atoms with van der Waals surface area (Å²) in [6.07, 6.45) is 2.63. The maximum atomic E-state index is 11.9. The number of aromatic nitrogens is 2. The van der Waals surface area contributed by atoms with Gasteiger partial charge in [-0.05, 0) is 26.7 Å². The van der Waals surface area contributed by atoms with E-state index in [2.05, 4.69) is 10.3 Å². The first-order valence-corrected chi connectivity index (χ1v) is 6.73. The Labute approximate surface area is 113 Å². The Morgan fingerprint density at radius 1 is 1.32 bits per heavy atom. The van der Waals surface area contributed by atoms with Gasteiger partial charge < -0.3 is 11.1 Å². The lowest BCUT2D eigenvalue weighted by Crippen LogP contribution is -2.39. The van der Waals surface area contributed by atoms with Crippen molar-refractivity contribution in [2.45, 2.75) is 59.0 Å². The van der Waals surface area contributed by atoms with Crippen molar-refractivity contribution < 1.29 is 0 Å². The first kappa shape index (κ1) is 15.3. The Kier molecular flexibility index (Phi) is 4.80. The van der Waals surface area contributed by atoms with Gasteiger partial charge in [-0.1, -0.05) is 20.3 Å². The van der Waals surface area contributed by atoms with Crippen molar-refractivity contribution in [1.82, 2.24) is 9.55 Å². The van der Waals surface area contributed by atoms with E-state index in [4.69, 9.17) is 5.73 Å². The maximum absolute atomic E-state index is 11.9. The molecule has 0 fully saturated rings. The Morgan fingerprint density at radius 3 is 2.47 bits per heavy atom. The standard InChI is InChI=1S/C13H24N4O2/c1-5-7-8-17-10(14)9(11(18)15-12(17)19)16-13(3,4)6-2/h16H,5-8,14H2,1-4H3,(H,15,18,19). The van der Waals surface area contributed by atoms with E-state index in [9.17, 15) is 9.59 Å². The van der Waals surface area contributed by atoms with Crippen molar-refractivity contribution >= 4 is 11.5 Å². The van der Waals surface area contributed by atoms with Gasteiger partial charge in [0.15, 0.2) is 0 Å². The van der Waals surface area contributed by atoms with Gasteiger partial charge in [0.05, 0.1) is 0 Å². The number of nitrogen functional groups attached to an aromatic ring is 1. The van der Waals surface area contributed by atoms with Gasteiger partial charge in [-0.3, -0.25) is 14.3 Å². The van der Waals surface area contributed by atoms with Gasteiger partial charge in [0.25, 0.3) is 5.56 Å². The minimum Gasteiger partial charge on any atom is -0.383 e. The molecule has 0 aliphatic heterocycles. The van der Waals surface area contributed by atoms with E-state index in [-0.39, 0.29) is 17.0 Å². The number of H-pyrrole nitrogens is 1. The molecule has 0 saturated heterocycles. The van der Waals surface area contributed by atoms with E-state index in [0.717, 1.165) is 19.3 Å². The van der Waals surface area contributed by atoms with Crippen LogP contribution in [0.2, 0.25) is 0 Å². The van der Waals surface area contributed by atoms with E-state index >= 15 is 0 Å². The zero-order valence-corrected chi connectivity index (χ0v) is 12.2. The van der Waals surface area contributed by atoms with Crippen LogP contribution in [0, 0.1) is 0 Å². The minimum absolute atomic E-state index is 0.212. The molecule has 1 aromatic heterocycles. The van der Waals surface area contributed by atoms with Crippen molar-refractivity contribution in [1.29, 1.82) is 0 Å². The van der Waals surface area contributed by atoms with Crippen LogP contribution in [-0.2, 0) is 6.54 Å². The smallest absolute Gasteiger partial charge is 0.330 e. The van der Waals surface area contributed by atoms with Gasteiger partial charge in [0, 0.05) is 12.1 Å². The SMILES string of the molecule is CCCCn1c(N)c(NC(C)(C)CC)c(=O)[nH]c1=O. The average Bonchev–Trinajstić information content (AvgIpc) is 2.34. The summed E-state index contributed by atoms with van der Waals surface area (Å²) in [5.74, 6) is 0.212. The van der Waals surface area contributed by atoms with Crippen LogP contribution >= 0.6 is 0 Å². The van der Waals surface area contributed by atoms with Crippen molar-refractivity contribution in [2.24, 2.45) is 0 Å². The number of aromatic amines is 1. The predicted octanol–water partition coefficient (Wildman–Crippen LogP) is 1.52. The number of hydrogen-bond acceptors (Lipinski definition) is 4. The van der Waals surface area contributed by atoms with E-state index in [1.165, 1.54) is 4.57 Å². The maximum Gasteiger partial charge on any atom is 0.330 e. The number of anilines is 2. The molecule has 19 heavy (non-hydrogen) atoms.